The molecule has 0 radical (unpaired) electrons. The average Bonchev–Trinajstić information content (AvgIpc) is 2.45. The van der Waals surface area contributed by atoms with Crippen LogP contribution in [0.2, 0.25) is 0 Å². The summed E-state index contributed by atoms with van der Waals surface area (Å²) < 4.78 is 11.9. The van der Waals surface area contributed by atoms with Gasteiger partial charge >= 0.3 is 0 Å². The SMILES string of the molecule is CCCOc1ccc2c(c1)OC1(CCNCC1)CC2O. The fraction of sp³-hybridized carbons (Fsp3) is 0.625. The molecule has 2 aliphatic rings. The van der Waals surface area contributed by atoms with Gasteiger partial charge in [-0.15, -0.1) is 0 Å². The lowest BCUT2D eigenvalue weighted by molar-refractivity contribution is -0.0338. The van der Waals surface area contributed by atoms with Gasteiger partial charge in [-0.3, -0.25) is 0 Å². The minimum Gasteiger partial charge on any atom is -0.493 e. The van der Waals surface area contributed by atoms with Crippen LogP contribution in [-0.4, -0.2) is 30.4 Å². The quantitative estimate of drug-likeness (QED) is 0.891. The van der Waals surface area contributed by atoms with Gasteiger partial charge in [0.15, 0.2) is 0 Å². The number of nitrogens with one attached hydrogen (secondary N) is 1. The molecule has 1 fully saturated rings. The normalized spacial score (nSPS) is 24.0. The van der Waals surface area contributed by atoms with Crippen LogP contribution in [-0.2, 0) is 0 Å². The third-order valence-corrected chi connectivity index (χ3v) is 4.22. The van der Waals surface area contributed by atoms with Crippen LogP contribution in [0.4, 0.5) is 0 Å². The number of hydrogen-bond donors (Lipinski definition) is 2. The van der Waals surface area contributed by atoms with E-state index >= 15 is 0 Å². The first-order valence-corrected chi connectivity index (χ1v) is 7.57. The Bertz CT molecular complexity index is 469. The molecule has 3 rings (SSSR count). The van der Waals surface area contributed by atoms with E-state index in [9.17, 15) is 5.11 Å². The van der Waals surface area contributed by atoms with Gasteiger partial charge in [-0.2, -0.15) is 0 Å². The summed E-state index contributed by atoms with van der Waals surface area (Å²) in [6.07, 6.45) is 3.14. The highest BCUT2D eigenvalue weighted by Crippen LogP contribution is 2.44. The summed E-state index contributed by atoms with van der Waals surface area (Å²) in [5, 5.41) is 13.8. The first-order chi connectivity index (χ1) is 9.72. The lowest BCUT2D eigenvalue weighted by Gasteiger charge is -2.43. The van der Waals surface area contributed by atoms with Gasteiger partial charge in [-0.05, 0) is 44.5 Å². The fourth-order valence-electron chi connectivity index (χ4n) is 3.11. The van der Waals surface area contributed by atoms with Crippen molar-refractivity contribution in [3.63, 3.8) is 0 Å². The van der Waals surface area contributed by atoms with Gasteiger partial charge in [-0.1, -0.05) is 6.92 Å². The van der Waals surface area contributed by atoms with Crippen LogP contribution in [0.3, 0.4) is 0 Å². The summed E-state index contributed by atoms with van der Waals surface area (Å²) >= 11 is 0. The van der Waals surface area contributed by atoms with Crippen LogP contribution in [0.5, 0.6) is 11.5 Å². The molecule has 0 amide bonds. The topological polar surface area (TPSA) is 50.7 Å². The molecule has 1 unspecified atom stereocenters. The molecule has 110 valence electrons. The van der Waals surface area contributed by atoms with E-state index in [0.717, 1.165) is 49.4 Å². The van der Waals surface area contributed by atoms with Crippen LogP contribution >= 0.6 is 0 Å². The molecule has 1 atom stereocenters. The highest BCUT2D eigenvalue weighted by atomic mass is 16.5. The molecule has 0 saturated carbocycles. The van der Waals surface area contributed by atoms with E-state index in [4.69, 9.17) is 9.47 Å². The fourth-order valence-corrected chi connectivity index (χ4v) is 3.11. The Kier molecular flexibility index (Phi) is 3.85. The van der Waals surface area contributed by atoms with Crippen LogP contribution < -0.4 is 14.8 Å². The lowest BCUT2D eigenvalue weighted by Crippen LogP contribution is -2.49. The van der Waals surface area contributed by atoms with Gasteiger partial charge < -0.3 is 19.9 Å². The first kappa shape index (κ1) is 13.7. The van der Waals surface area contributed by atoms with E-state index in [1.165, 1.54) is 0 Å². The summed E-state index contributed by atoms with van der Waals surface area (Å²) in [6.45, 7) is 4.70. The van der Waals surface area contributed by atoms with Gasteiger partial charge in [0.05, 0.1) is 12.7 Å². The third kappa shape index (κ3) is 2.63. The molecule has 2 N–H and O–H groups in total. The number of aliphatic hydroxyl groups is 1. The van der Waals surface area contributed by atoms with E-state index in [-0.39, 0.29) is 5.60 Å². The Morgan fingerprint density at radius 3 is 2.95 bits per heavy atom. The zero-order valence-electron chi connectivity index (χ0n) is 12.0. The lowest BCUT2D eigenvalue weighted by atomic mass is 9.82. The Labute approximate surface area is 120 Å². The maximum absolute atomic E-state index is 10.4. The van der Waals surface area contributed by atoms with Gasteiger partial charge in [-0.25, -0.2) is 0 Å². The molecule has 1 spiro atoms. The molecule has 20 heavy (non-hydrogen) atoms. The number of aliphatic hydroxyl groups excluding tert-OH is 1. The van der Waals surface area contributed by atoms with Crippen molar-refractivity contribution >= 4 is 0 Å². The summed E-state index contributed by atoms with van der Waals surface area (Å²) in [5.74, 6) is 1.61. The molecule has 4 nitrogen and oxygen atoms in total. The number of benzene rings is 1. The van der Waals surface area contributed by atoms with Crippen molar-refractivity contribution in [3.05, 3.63) is 23.8 Å². The second-order valence-corrected chi connectivity index (χ2v) is 5.80. The van der Waals surface area contributed by atoms with Crippen molar-refractivity contribution in [2.24, 2.45) is 0 Å². The van der Waals surface area contributed by atoms with Crippen molar-refractivity contribution in [2.75, 3.05) is 19.7 Å². The highest BCUT2D eigenvalue weighted by Gasteiger charge is 2.41. The average molecular weight is 277 g/mol. The van der Waals surface area contributed by atoms with Crippen molar-refractivity contribution in [1.82, 2.24) is 5.32 Å². The van der Waals surface area contributed by atoms with E-state index in [1.807, 2.05) is 18.2 Å². The van der Waals surface area contributed by atoms with Crippen molar-refractivity contribution < 1.29 is 14.6 Å². The monoisotopic (exact) mass is 277 g/mol. The molecule has 2 aliphatic heterocycles. The van der Waals surface area contributed by atoms with Crippen molar-refractivity contribution in [2.45, 2.75) is 44.3 Å². The Hall–Kier alpha value is -1.26. The summed E-state index contributed by atoms with van der Waals surface area (Å²) in [6, 6.07) is 5.78. The van der Waals surface area contributed by atoms with Gasteiger partial charge in [0.1, 0.15) is 17.1 Å². The molecule has 0 aromatic heterocycles. The number of ether oxygens (including phenoxy) is 2. The predicted molar refractivity (Wildman–Crippen MR) is 77.3 cm³/mol. The molecule has 4 heteroatoms. The zero-order valence-corrected chi connectivity index (χ0v) is 12.0. The maximum atomic E-state index is 10.4. The smallest absolute Gasteiger partial charge is 0.129 e. The molecule has 0 aliphatic carbocycles. The van der Waals surface area contributed by atoms with Gasteiger partial charge in [0.25, 0.3) is 0 Å². The molecule has 1 aromatic rings. The van der Waals surface area contributed by atoms with Gasteiger partial charge in [0, 0.05) is 18.1 Å². The summed E-state index contributed by atoms with van der Waals surface area (Å²) in [5.41, 5.74) is 0.680. The number of rotatable bonds is 3. The summed E-state index contributed by atoms with van der Waals surface area (Å²) in [4.78, 5) is 0. The molecule has 2 heterocycles. The van der Waals surface area contributed by atoms with Crippen LogP contribution in [0, 0.1) is 0 Å². The summed E-state index contributed by atoms with van der Waals surface area (Å²) in [7, 11) is 0. The standard InChI is InChI=1S/C16H23NO3/c1-2-9-19-12-3-4-13-14(18)11-16(20-15(13)10-12)5-7-17-8-6-16/h3-4,10,14,17-18H,2,5-9,11H2,1H3. The number of fused-ring (bicyclic) bond motifs is 1. The minimum atomic E-state index is -0.433. The molecule has 0 bridgehead atoms. The van der Waals surface area contributed by atoms with Crippen molar-refractivity contribution in [1.29, 1.82) is 0 Å². The van der Waals surface area contributed by atoms with Crippen molar-refractivity contribution in [3.8, 4) is 11.5 Å². The van der Waals surface area contributed by atoms with E-state index in [2.05, 4.69) is 12.2 Å². The second-order valence-electron chi connectivity index (χ2n) is 5.80. The van der Waals surface area contributed by atoms with E-state index < -0.39 is 6.10 Å². The zero-order chi connectivity index (χ0) is 14.0. The minimum absolute atomic E-state index is 0.207. The van der Waals surface area contributed by atoms with Crippen LogP contribution in [0.25, 0.3) is 0 Å². The molecule has 1 aromatic carbocycles. The Balaban J connectivity index is 1.84. The molecular formula is C16H23NO3. The first-order valence-electron chi connectivity index (χ1n) is 7.57. The Morgan fingerprint density at radius 1 is 1.40 bits per heavy atom. The Morgan fingerprint density at radius 2 is 2.20 bits per heavy atom. The molecular weight excluding hydrogens is 254 g/mol. The largest absolute Gasteiger partial charge is 0.493 e. The van der Waals surface area contributed by atoms with Gasteiger partial charge in [0.2, 0.25) is 0 Å². The van der Waals surface area contributed by atoms with E-state index in [1.54, 1.807) is 0 Å². The number of piperidine rings is 1. The van der Waals surface area contributed by atoms with Crippen LogP contribution in [0.1, 0.15) is 44.3 Å². The molecule has 1 saturated heterocycles. The van der Waals surface area contributed by atoms with Crippen LogP contribution in [0.15, 0.2) is 18.2 Å². The maximum Gasteiger partial charge on any atom is 0.129 e. The highest BCUT2D eigenvalue weighted by molar-refractivity contribution is 5.44. The van der Waals surface area contributed by atoms with E-state index in [0.29, 0.717) is 13.0 Å². The number of hydrogen-bond acceptors (Lipinski definition) is 4. The third-order valence-electron chi connectivity index (χ3n) is 4.22. The second kappa shape index (κ2) is 5.62. The predicted octanol–water partition coefficient (Wildman–Crippen LogP) is 2.41.